The van der Waals surface area contributed by atoms with Gasteiger partial charge in [-0.05, 0) is 19.8 Å². The van der Waals surface area contributed by atoms with Gasteiger partial charge in [0.1, 0.15) is 6.04 Å². The zero-order chi connectivity index (χ0) is 22.7. The Bertz CT molecular complexity index is 884. The molecule has 5 rings (SSSR count). The number of nitrogens with zero attached hydrogens (tertiary/aromatic N) is 3. The number of rotatable bonds is 3. The molecular weight excluding hydrogens is 426 g/mol. The molecule has 174 valence electrons. The average Bonchev–Trinajstić information content (AvgIpc) is 3.04. The highest BCUT2D eigenvalue weighted by Gasteiger charge is 2.73. The third-order valence-corrected chi connectivity index (χ3v) is 9.94. The summed E-state index contributed by atoms with van der Waals surface area (Å²) in [5.41, 5.74) is 0. The van der Waals surface area contributed by atoms with E-state index in [9.17, 15) is 19.5 Å². The zero-order valence-corrected chi connectivity index (χ0v) is 19.7. The van der Waals surface area contributed by atoms with E-state index in [1.54, 1.807) is 28.6 Å². The number of hydrogen-bond acceptors (Lipinski definition) is 5. The SMILES string of the molecule is CN1CC=C[C@]2(C)S[C@]34C=CCN(C5CCCCC5)C(=O)C3N(CCO)C(=O)[C@@H]4[C@@H]2C1=O. The number of thioether (sulfide) groups is 1. The van der Waals surface area contributed by atoms with Gasteiger partial charge in [0.25, 0.3) is 0 Å². The molecule has 1 spiro atoms. The third kappa shape index (κ3) is 3.01. The van der Waals surface area contributed by atoms with E-state index in [0.717, 1.165) is 25.7 Å². The van der Waals surface area contributed by atoms with E-state index in [1.807, 2.05) is 17.9 Å². The Labute approximate surface area is 193 Å². The maximum atomic E-state index is 14.1. The second kappa shape index (κ2) is 7.90. The minimum Gasteiger partial charge on any atom is -0.395 e. The summed E-state index contributed by atoms with van der Waals surface area (Å²) >= 11 is 1.60. The normalized spacial score (nSPS) is 39.8. The molecule has 0 aromatic rings. The molecule has 1 N–H and O–H groups in total. The van der Waals surface area contributed by atoms with Crippen LogP contribution in [-0.4, -0.2) is 92.4 Å². The summed E-state index contributed by atoms with van der Waals surface area (Å²) in [6.45, 7) is 3.01. The Morgan fingerprint density at radius 3 is 2.44 bits per heavy atom. The average molecular weight is 460 g/mol. The largest absolute Gasteiger partial charge is 0.395 e. The lowest BCUT2D eigenvalue weighted by Gasteiger charge is -2.39. The maximum absolute atomic E-state index is 14.1. The lowest BCUT2D eigenvalue weighted by molar-refractivity contribution is -0.145. The van der Waals surface area contributed by atoms with Crippen LogP contribution in [0.5, 0.6) is 0 Å². The predicted molar refractivity (Wildman–Crippen MR) is 123 cm³/mol. The van der Waals surface area contributed by atoms with Gasteiger partial charge in [0, 0.05) is 37.5 Å². The van der Waals surface area contributed by atoms with Gasteiger partial charge in [-0.15, -0.1) is 11.8 Å². The van der Waals surface area contributed by atoms with Crippen LogP contribution in [0.3, 0.4) is 0 Å². The van der Waals surface area contributed by atoms with Crippen LogP contribution in [0.25, 0.3) is 0 Å². The molecule has 0 bridgehead atoms. The van der Waals surface area contributed by atoms with Crippen LogP contribution >= 0.6 is 11.8 Å². The second-order valence-corrected chi connectivity index (χ2v) is 11.8. The monoisotopic (exact) mass is 459 g/mol. The van der Waals surface area contributed by atoms with Gasteiger partial charge in [0.15, 0.2) is 0 Å². The van der Waals surface area contributed by atoms with E-state index in [-0.39, 0.29) is 36.9 Å². The molecule has 7 nitrogen and oxygen atoms in total. The Morgan fingerprint density at radius 2 is 1.72 bits per heavy atom. The Kier molecular flexibility index (Phi) is 5.44. The fourth-order valence-electron chi connectivity index (χ4n) is 6.73. The van der Waals surface area contributed by atoms with E-state index in [1.165, 1.54) is 6.42 Å². The summed E-state index contributed by atoms with van der Waals surface area (Å²) in [6.07, 6.45) is 13.6. The van der Waals surface area contributed by atoms with Crippen LogP contribution in [0.15, 0.2) is 24.3 Å². The summed E-state index contributed by atoms with van der Waals surface area (Å²) in [6, 6.07) is -0.491. The van der Waals surface area contributed by atoms with Gasteiger partial charge in [-0.1, -0.05) is 43.6 Å². The first-order chi connectivity index (χ1) is 15.3. The van der Waals surface area contributed by atoms with E-state index in [0.29, 0.717) is 13.1 Å². The Balaban J connectivity index is 1.61. The van der Waals surface area contributed by atoms with Gasteiger partial charge in [0.05, 0.1) is 23.2 Å². The number of carbonyl (C=O) groups excluding carboxylic acids is 3. The first-order valence-electron chi connectivity index (χ1n) is 11.9. The molecule has 4 heterocycles. The lowest BCUT2D eigenvalue weighted by atomic mass is 9.74. The summed E-state index contributed by atoms with van der Waals surface area (Å²) in [4.78, 5) is 46.6. The second-order valence-electron chi connectivity index (χ2n) is 10.1. The molecular formula is C24H33N3O4S. The number of likely N-dealkylation sites (N-methyl/N-ethyl adjacent to an activating group) is 1. The van der Waals surface area contributed by atoms with Crippen LogP contribution in [0.4, 0.5) is 0 Å². The molecule has 1 saturated carbocycles. The van der Waals surface area contributed by atoms with Crippen LogP contribution < -0.4 is 0 Å². The van der Waals surface area contributed by atoms with Crippen LogP contribution in [0.1, 0.15) is 39.0 Å². The van der Waals surface area contributed by atoms with Gasteiger partial charge in [0.2, 0.25) is 17.7 Å². The molecule has 5 atom stereocenters. The summed E-state index contributed by atoms with van der Waals surface area (Å²) in [5, 5.41) is 9.76. The van der Waals surface area contributed by atoms with Crippen LogP contribution in [0, 0.1) is 11.8 Å². The number of amides is 3. The number of likely N-dealkylation sites (tertiary alicyclic amines) is 1. The molecule has 8 heteroatoms. The number of β-amino-alcohol motifs (C(OH)–C–C–N with tert-alkyl or cyclic N) is 1. The summed E-state index contributed by atoms with van der Waals surface area (Å²) in [7, 11) is 1.77. The van der Waals surface area contributed by atoms with Crippen molar-refractivity contribution in [1.82, 2.24) is 14.7 Å². The van der Waals surface area contributed by atoms with Gasteiger partial charge >= 0.3 is 0 Å². The van der Waals surface area contributed by atoms with Gasteiger partial charge in [-0.2, -0.15) is 0 Å². The van der Waals surface area contributed by atoms with Crippen molar-refractivity contribution in [2.75, 3.05) is 33.3 Å². The highest BCUT2D eigenvalue weighted by Crippen LogP contribution is 2.65. The standard InChI is InChI=1S/C24H33N3O4S/c1-23-10-6-12-25(2)20(29)17(23)18-21(30)27(14-15-28)19-22(31)26(16-8-4-3-5-9-16)13-7-11-24(18,19)32-23/h6-7,10-11,16-19,28H,3-5,8-9,12-15H2,1-2H3/t17-,18+,19?,23+,24+/m1/s1. The van der Waals surface area contributed by atoms with Gasteiger partial charge in [-0.3, -0.25) is 14.4 Å². The molecule has 4 aliphatic heterocycles. The number of carbonyl (C=O) groups is 3. The smallest absolute Gasteiger partial charge is 0.247 e. The minimum atomic E-state index is -0.801. The number of aliphatic hydroxyl groups is 1. The highest BCUT2D eigenvalue weighted by molar-refractivity contribution is 8.02. The molecule has 32 heavy (non-hydrogen) atoms. The van der Waals surface area contributed by atoms with Crippen molar-refractivity contribution in [2.24, 2.45) is 11.8 Å². The number of hydrogen-bond donors (Lipinski definition) is 1. The number of fused-ring (bicyclic) bond motifs is 2. The zero-order valence-electron chi connectivity index (χ0n) is 18.9. The van der Waals surface area contributed by atoms with E-state index in [4.69, 9.17) is 0 Å². The molecule has 2 saturated heterocycles. The van der Waals surface area contributed by atoms with E-state index >= 15 is 0 Å². The summed E-state index contributed by atoms with van der Waals surface area (Å²) < 4.78 is -1.36. The van der Waals surface area contributed by atoms with Crippen LogP contribution in [0.2, 0.25) is 0 Å². The lowest BCUT2D eigenvalue weighted by Crippen LogP contribution is -2.56. The first-order valence-corrected chi connectivity index (χ1v) is 12.7. The van der Waals surface area contributed by atoms with Crippen molar-refractivity contribution in [2.45, 2.75) is 60.6 Å². The summed E-state index contributed by atoms with van der Waals surface area (Å²) in [5.74, 6) is -1.39. The fraction of sp³-hybridized carbons (Fsp3) is 0.708. The van der Waals surface area contributed by atoms with Crippen molar-refractivity contribution >= 4 is 29.5 Å². The minimum absolute atomic E-state index is 0.0245. The highest BCUT2D eigenvalue weighted by atomic mass is 32.2. The van der Waals surface area contributed by atoms with Crippen molar-refractivity contribution in [3.63, 3.8) is 0 Å². The van der Waals surface area contributed by atoms with Gasteiger partial charge < -0.3 is 19.8 Å². The molecule has 0 aromatic heterocycles. The first kappa shape index (κ1) is 22.0. The molecule has 3 amide bonds. The molecule has 0 radical (unpaired) electrons. The Hall–Kier alpha value is -1.80. The topological polar surface area (TPSA) is 81.2 Å². The maximum Gasteiger partial charge on any atom is 0.247 e. The molecule has 0 aromatic carbocycles. The quantitative estimate of drug-likeness (QED) is 0.646. The number of aliphatic hydroxyl groups excluding tert-OH is 1. The molecule has 1 aliphatic carbocycles. The van der Waals surface area contributed by atoms with Gasteiger partial charge in [-0.25, -0.2) is 0 Å². The predicted octanol–water partition coefficient (Wildman–Crippen LogP) is 1.43. The van der Waals surface area contributed by atoms with E-state index < -0.39 is 27.4 Å². The van der Waals surface area contributed by atoms with Crippen molar-refractivity contribution in [3.05, 3.63) is 24.3 Å². The van der Waals surface area contributed by atoms with Crippen molar-refractivity contribution in [3.8, 4) is 0 Å². The molecule has 1 unspecified atom stereocenters. The van der Waals surface area contributed by atoms with E-state index in [2.05, 4.69) is 18.2 Å². The molecule has 3 fully saturated rings. The van der Waals surface area contributed by atoms with Crippen molar-refractivity contribution in [1.29, 1.82) is 0 Å². The van der Waals surface area contributed by atoms with Crippen molar-refractivity contribution < 1.29 is 19.5 Å². The third-order valence-electron chi connectivity index (χ3n) is 8.15. The Morgan fingerprint density at radius 1 is 1.00 bits per heavy atom. The fourth-order valence-corrected chi connectivity index (χ4v) is 8.89. The van der Waals surface area contributed by atoms with Crippen LogP contribution in [-0.2, 0) is 14.4 Å². The molecule has 5 aliphatic rings.